The van der Waals surface area contributed by atoms with E-state index >= 15 is 0 Å². The summed E-state index contributed by atoms with van der Waals surface area (Å²) >= 11 is 5.73. The standard InChI is InChI=1S/C13H10ClNO3/c14-10-3-5-12(6-4-10)18-9-13(17)15-7-1-2-11(15)8-16/h1-8H,9H2. The van der Waals surface area contributed by atoms with Crippen LogP contribution in [-0.4, -0.2) is 23.4 Å². The summed E-state index contributed by atoms with van der Waals surface area (Å²) in [4.78, 5) is 22.5. The van der Waals surface area contributed by atoms with Crippen molar-refractivity contribution in [2.45, 2.75) is 0 Å². The van der Waals surface area contributed by atoms with E-state index in [1.807, 2.05) is 0 Å². The zero-order valence-electron chi connectivity index (χ0n) is 9.38. The molecule has 0 bridgehead atoms. The van der Waals surface area contributed by atoms with Crippen molar-refractivity contribution in [3.8, 4) is 5.75 Å². The summed E-state index contributed by atoms with van der Waals surface area (Å²) in [6, 6.07) is 9.89. The number of rotatable bonds is 4. The van der Waals surface area contributed by atoms with Crippen LogP contribution in [0.15, 0.2) is 42.6 Å². The lowest BCUT2D eigenvalue weighted by Gasteiger charge is -2.07. The van der Waals surface area contributed by atoms with Gasteiger partial charge in [0.05, 0.1) is 5.69 Å². The molecule has 0 aliphatic carbocycles. The van der Waals surface area contributed by atoms with E-state index in [0.717, 1.165) is 0 Å². The molecule has 0 radical (unpaired) electrons. The van der Waals surface area contributed by atoms with Crippen molar-refractivity contribution in [1.29, 1.82) is 0 Å². The number of carbonyl (C=O) groups excluding carboxylic acids is 2. The van der Waals surface area contributed by atoms with E-state index in [2.05, 4.69) is 0 Å². The largest absolute Gasteiger partial charge is 0.484 e. The first kappa shape index (κ1) is 12.4. The molecule has 0 fully saturated rings. The number of ether oxygens (including phenoxy) is 1. The molecule has 5 heteroatoms. The fourth-order valence-corrected chi connectivity index (χ4v) is 1.59. The van der Waals surface area contributed by atoms with Gasteiger partial charge in [0.1, 0.15) is 5.75 Å². The Hall–Kier alpha value is -2.07. The molecule has 0 atom stereocenters. The molecule has 0 saturated heterocycles. The van der Waals surface area contributed by atoms with Crippen molar-refractivity contribution >= 4 is 23.8 Å². The third-order valence-corrected chi connectivity index (χ3v) is 2.60. The quantitative estimate of drug-likeness (QED) is 0.797. The molecular formula is C13H10ClNO3. The van der Waals surface area contributed by atoms with Crippen LogP contribution < -0.4 is 4.74 Å². The second-order valence-electron chi connectivity index (χ2n) is 3.56. The van der Waals surface area contributed by atoms with Gasteiger partial charge in [-0.2, -0.15) is 0 Å². The van der Waals surface area contributed by atoms with E-state index in [-0.39, 0.29) is 12.5 Å². The van der Waals surface area contributed by atoms with Gasteiger partial charge in [-0.1, -0.05) is 11.6 Å². The number of nitrogens with zero attached hydrogens (tertiary/aromatic N) is 1. The topological polar surface area (TPSA) is 48.3 Å². The molecule has 1 aromatic carbocycles. The van der Waals surface area contributed by atoms with Gasteiger partial charge >= 0.3 is 0 Å². The van der Waals surface area contributed by atoms with Crippen molar-refractivity contribution in [2.75, 3.05) is 6.61 Å². The van der Waals surface area contributed by atoms with Crippen LogP contribution in [0.3, 0.4) is 0 Å². The molecule has 92 valence electrons. The van der Waals surface area contributed by atoms with Crippen LogP contribution in [0, 0.1) is 0 Å². The lowest BCUT2D eigenvalue weighted by atomic mass is 10.3. The molecule has 0 aliphatic rings. The SMILES string of the molecule is O=Cc1cccn1C(=O)COc1ccc(Cl)cc1. The molecule has 0 aliphatic heterocycles. The number of halogens is 1. The van der Waals surface area contributed by atoms with Gasteiger partial charge in [0.15, 0.2) is 12.9 Å². The average molecular weight is 264 g/mol. The maximum Gasteiger partial charge on any atom is 0.269 e. The second-order valence-corrected chi connectivity index (χ2v) is 3.99. The van der Waals surface area contributed by atoms with Crippen LogP contribution in [0.25, 0.3) is 0 Å². The maximum atomic E-state index is 11.8. The molecule has 0 unspecified atom stereocenters. The minimum atomic E-state index is -0.308. The van der Waals surface area contributed by atoms with Crippen molar-refractivity contribution < 1.29 is 14.3 Å². The van der Waals surface area contributed by atoms with Gasteiger partial charge in [-0.3, -0.25) is 14.2 Å². The lowest BCUT2D eigenvalue weighted by molar-refractivity contribution is 0.0829. The predicted molar refractivity (Wildman–Crippen MR) is 67.4 cm³/mol. The van der Waals surface area contributed by atoms with Crippen LogP contribution in [-0.2, 0) is 0 Å². The zero-order valence-corrected chi connectivity index (χ0v) is 10.1. The van der Waals surface area contributed by atoms with E-state index < -0.39 is 0 Å². The highest BCUT2D eigenvalue weighted by Gasteiger charge is 2.09. The van der Waals surface area contributed by atoms with E-state index in [0.29, 0.717) is 22.8 Å². The molecule has 0 N–H and O–H groups in total. The van der Waals surface area contributed by atoms with Crippen molar-refractivity contribution in [1.82, 2.24) is 4.57 Å². The molecular weight excluding hydrogens is 254 g/mol. The van der Waals surface area contributed by atoms with E-state index in [1.165, 1.54) is 10.8 Å². The molecule has 0 saturated carbocycles. The number of aldehydes is 1. The van der Waals surface area contributed by atoms with Gasteiger partial charge in [0.2, 0.25) is 0 Å². The first-order chi connectivity index (χ1) is 8.70. The van der Waals surface area contributed by atoms with Crippen LogP contribution >= 0.6 is 11.6 Å². The average Bonchev–Trinajstić information content (AvgIpc) is 2.86. The second kappa shape index (κ2) is 5.51. The number of hydrogen-bond donors (Lipinski definition) is 0. The monoisotopic (exact) mass is 263 g/mol. The van der Waals surface area contributed by atoms with Crippen LogP contribution in [0.5, 0.6) is 5.75 Å². The van der Waals surface area contributed by atoms with Gasteiger partial charge in [-0.25, -0.2) is 0 Å². The Bertz CT molecular complexity index is 560. The van der Waals surface area contributed by atoms with E-state index in [9.17, 15) is 9.59 Å². The summed E-state index contributed by atoms with van der Waals surface area (Å²) in [5, 5.41) is 0.599. The third kappa shape index (κ3) is 2.78. The predicted octanol–water partition coefficient (Wildman–Crippen LogP) is 2.67. The molecule has 0 spiro atoms. The van der Waals surface area contributed by atoms with Crippen molar-refractivity contribution in [2.24, 2.45) is 0 Å². The van der Waals surface area contributed by atoms with Gasteiger partial charge in [0, 0.05) is 11.2 Å². The summed E-state index contributed by atoms with van der Waals surface area (Å²) in [5.74, 6) is 0.240. The fourth-order valence-electron chi connectivity index (χ4n) is 1.46. The number of aromatic nitrogens is 1. The van der Waals surface area contributed by atoms with Gasteiger partial charge in [0.25, 0.3) is 5.91 Å². The minimum Gasteiger partial charge on any atom is -0.484 e. The molecule has 18 heavy (non-hydrogen) atoms. The molecule has 1 heterocycles. The Morgan fingerprint density at radius 1 is 1.28 bits per heavy atom. The summed E-state index contributed by atoms with van der Waals surface area (Å²) in [6.07, 6.45) is 2.15. The third-order valence-electron chi connectivity index (χ3n) is 2.35. The first-order valence-corrected chi connectivity index (χ1v) is 5.62. The first-order valence-electron chi connectivity index (χ1n) is 5.25. The Balaban J connectivity index is 2.00. The van der Waals surface area contributed by atoms with Gasteiger partial charge < -0.3 is 4.74 Å². The fraction of sp³-hybridized carbons (Fsp3) is 0.0769. The highest BCUT2D eigenvalue weighted by Crippen LogP contribution is 2.15. The van der Waals surface area contributed by atoms with Crippen molar-refractivity contribution in [3.63, 3.8) is 0 Å². The van der Waals surface area contributed by atoms with Crippen LogP contribution in [0.2, 0.25) is 5.02 Å². The molecule has 2 rings (SSSR count). The van der Waals surface area contributed by atoms with E-state index in [4.69, 9.17) is 16.3 Å². The smallest absolute Gasteiger partial charge is 0.269 e. The zero-order chi connectivity index (χ0) is 13.0. The summed E-state index contributed by atoms with van der Waals surface area (Å²) in [6.45, 7) is -0.142. The number of benzene rings is 1. The van der Waals surface area contributed by atoms with E-state index in [1.54, 1.807) is 36.4 Å². The van der Waals surface area contributed by atoms with Crippen LogP contribution in [0.4, 0.5) is 0 Å². The molecule has 2 aromatic rings. The maximum absolute atomic E-state index is 11.8. The number of carbonyl (C=O) groups is 2. The summed E-state index contributed by atoms with van der Waals surface area (Å²) in [7, 11) is 0. The van der Waals surface area contributed by atoms with Crippen LogP contribution in [0.1, 0.15) is 15.3 Å². The summed E-state index contributed by atoms with van der Waals surface area (Å²) in [5.41, 5.74) is 0.305. The van der Waals surface area contributed by atoms with Gasteiger partial charge in [-0.05, 0) is 36.4 Å². The Kier molecular flexibility index (Phi) is 3.79. The molecule has 1 aromatic heterocycles. The Labute approximate surface area is 109 Å². The minimum absolute atomic E-state index is 0.142. The highest BCUT2D eigenvalue weighted by molar-refractivity contribution is 6.30. The normalized spacial score (nSPS) is 10.1. The highest BCUT2D eigenvalue weighted by atomic mass is 35.5. The number of hydrogen-bond acceptors (Lipinski definition) is 3. The van der Waals surface area contributed by atoms with Crippen molar-refractivity contribution in [3.05, 3.63) is 53.3 Å². The lowest BCUT2D eigenvalue weighted by Crippen LogP contribution is -2.20. The Morgan fingerprint density at radius 3 is 2.67 bits per heavy atom. The summed E-state index contributed by atoms with van der Waals surface area (Å²) < 4.78 is 6.55. The molecule has 4 nitrogen and oxygen atoms in total. The van der Waals surface area contributed by atoms with Gasteiger partial charge in [-0.15, -0.1) is 0 Å². The molecule has 0 amide bonds. The Morgan fingerprint density at radius 2 is 2.00 bits per heavy atom.